The second-order valence-electron chi connectivity index (χ2n) is 6.33. The fourth-order valence-corrected chi connectivity index (χ4v) is 3.20. The molecule has 0 aliphatic heterocycles. The molecule has 0 N–H and O–H groups in total. The summed E-state index contributed by atoms with van der Waals surface area (Å²) in [5, 5.41) is 0. The Labute approximate surface area is 169 Å². The van der Waals surface area contributed by atoms with E-state index in [0.717, 1.165) is 10.0 Å². The number of carbonyl (C=O) groups excluding carboxylic acids is 2. The summed E-state index contributed by atoms with van der Waals surface area (Å²) in [4.78, 5) is 38.2. The fraction of sp³-hybridized carbons (Fsp3) is 0.250. The molecule has 28 heavy (non-hydrogen) atoms. The van der Waals surface area contributed by atoms with Crippen molar-refractivity contribution in [2.75, 3.05) is 13.7 Å². The molecule has 0 aliphatic rings. The summed E-state index contributed by atoms with van der Waals surface area (Å²) >= 11 is 3.44. The molecule has 8 heteroatoms. The standard InChI is InChI=1S/C20H19BrN2O5/c1-13(23-16-9-5-6-10-17(16)28-20(23)26)19(25)27-12-18(24)22(2)11-14-7-3-4-8-15(14)21/h3-10,13H,11-12H2,1-2H3. The topological polar surface area (TPSA) is 81.8 Å². The van der Waals surface area contributed by atoms with Gasteiger partial charge in [-0.05, 0) is 30.7 Å². The lowest BCUT2D eigenvalue weighted by molar-refractivity contribution is -0.154. The summed E-state index contributed by atoms with van der Waals surface area (Å²) in [5.74, 6) is -1.68. The lowest BCUT2D eigenvalue weighted by Crippen LogP contribution is -2.33. The van der Waals surface area contributed by atoms with E-state index in [0.29, 0.717) is 17.6 Å². The Bertz CT molecular complexity index is 1070. The van der Waals surface area contributed by atoms with Gasteiger partial charge in [-0.15, -0.1) is 0 Å². The highest BCUT2D eigenvalue weighted by Gasteiger charge is 2.23. The van der Waals surface area contributed by atoms with Crippen molar-refractivity contribution in [2.24, 2.45) is 0 Å². The van der Waals surface area contributed by atoms with E-state index in [4.69, 9.17) is 9.15 Å². The molecule has 2 aromatic carbocycles. The molecule has 0 spiro atoms. The van der Waals surface area contributed by atoms with Crippen molar-refractivity contribution >= 4 is 38.9 Å². The first-order valence-corrected chi connectivity index (χ1v) is 9.42. The lowest BCUT2D eigenvalue weighted by Gasteiger charge is -2.19. The molecule has 0 radical (unpaired) electrons. The van der Waals surface area contributed by atoms with E-state index >= 15 is 0 Å². The third-order valence-electron chi connectivity index (χ3n) is 4.38. The van der Waals surface area contributed by atoms with Gasteiger partial charge in [0.25, 0.3) is 5.91 Å². The number of hydrogen-bond donors (Lipinski definition) is 0. The van der Waals surface area contributed by atoms with Crippen LogP contribution in [0.4, 0.5) is 0 Å². The Morgan fingerprint density at radius 2 is 1.86 bits per heavy atom. The number of carbonyl (C=O) groups is 2. The quantitative estimate of drug-likeness (QED) is 0.543. The van der Waals surface area contributed by atoms with Crippen molar-refractivity contribution in [2.45, 2.75) is 19.5 Å². The molecule has 0 aliphatic carbocycles. The van der Waals surface area contributed by atoms with Gasteiger partial charge in [0.1, 0.15) is 6.04 Å². The van der Waals surface area contributed by atoms with Gasteiger partial charge in [-0.3, -0.25) is 9.36 Å². The number of fused-ring (bicyclic) bond motifs is 1. The number of oxazole rings is 1. The van der Waals surface area contributed by atoms with Gasteiger partial charge in [0, 0.05) is 18.1 Å². The molecule has 0 saturated carbocycles. The summed E-state index contributed by atoms with van der Waals surface area (Å²) in [7, 11) is 1.63. The number of amides is 1. The highest BCUT2D eigenvalue weighted by molar-refractivity contribution is 9.10. The van der Waals surface area contributed by atoms with Crippen molar-refractivity contribution in [3.63, 3.8) is 0 Å². The number of halogens is 1. The largest absolute Gasteiger partial charge is 0.454 e. The molecule has 1 unspecified atom stereocenters. The van der Waals surface area contributed by atoms with Crippen molar-refractivity contribution < 1.29 is 18.7 Å². The highest BCUT2D eigenvalue weighted by atomic mass is 79.9. The van der Waals surface area contributed by atoms with Crippen molar-refractivity contribution in [3.8, 4) is 0 Å². The third kappa shape index (κ3) is 4.17. The lowest BCUT2D eigenvalue weighted by atomic mass is 10.2. The minimum absolute atomic E-state index is 0.347. The van der Waals surface area contributed by atoms with Crippen molar-refractivity contribution in [3.05, 3.63) is 69.1 Å². The Balaban J connectivity index is 1.63. The summed E-state index contributed by atoms with van der Waals surface area (Å²) in [6.07, 6.45) is 0. The number of likely N-dealkylation sites (N-methyl/N-ethyl adjacent to an activating group) is 1. The molecule has 3 rings (SSSR count). The Morgan fingerprint density at radius 3 is 2.61 bits per heavy atom. The van der Waals surface area contributed by atoms with Crippen LogP contribution in [-0.4, -0.2) is 35.0 Å². The van der Waals surface area contributed by atoms with E-state index in [-0.39, 0.29) is 5.91 Å². The Morgan fingerprint density at radius 1 is 1.18 bits per heavy atom. The predicted molar refractivity (Wildman–Crippen MR) is 107 cm³/mol. The molecule has 1 aromatic heterocycles. The maximum Gasteiger partial charge on any atom is 0.420 e. The first-order chi connectivity index (χ1) is 13.4. The van der Waals surface area contributed by atoms with Crippen LogP contribution in [-0.2, 0) is 20.9 Å². The number of ether oxygens (including phenoxy) is 1. The summed E-state index contributed by atoms with van der Waals surface area (Å²) < 4.78 is 12.4. The summed E-state index contributed by atoms with van der Waals surface area (Å²) in [5.41, 5.74) is 1.82. The average Bonchev–Trinajstić information content (AvgIpc) is 3.02. The Kier molecular flexibility index (Phi) is 5.99. The number of esters is 1. The summed E-state index contributed by atoms with van der Waals surface area (Å²) in [6.45, 7) is 1.49. The first-order valence-electron chi connectivity index (χ1n) is 8.62. The zero-order valence-corrected chi connectivity index (χ0v) is 17.0. The van der Waals surface area contributed by atoms with Gasteiger partial charge in [0.15, 0.2) is 12.2 Å². The van der Waals surface area contributed by atoms with E-state index in [1.165, 1.54) is 16.4 Å². The maximum absolute atomic E-state index is 12.4. The van der Waals surface area contributed by atoms with Gasteiger partial charge in [-0.25, -0.2) is 9.59 Å². The SMILES string of the molecule is CC(C(=O)OCC(=O)N(C)Cc1ccccc1Br)n1c(=O)oc2ccccc21. The second-order valence-corrected chi connectivity index (χ2v) is 7.18. The minimum Gasteiger partial charge on any atom is -0.454 e. The van der Waals surface area contributed by atoms with Gasteiger partial charge in [-0.2, -0.15) is 0 Å². The van der Waals surface area contributed by atoms with Crippen LogP contribution in [0.5, 0.6) is 0 Å². The van der Waals surface area contributed by atoms with Crippen LogP contribution in [0.3, 0.4) is 0 Å². The van der Waals surface area contributed by atoms with Crippen molar-refractivity contribution in [1.82, 2.24) is 9.47 Å². The van der Waals surface area contributed by atoms with E-state index in [2.05, 4.69) is 15.9 Å². The van der Waals surface area contributed by atoms with Crippen LogP contribution in [0.1, 0.15) is 18.5 Å². The van der Waals surface area contributed by atoms with Crippen LogP contribution >= 0.6 is 15.9 Å². The average molecular weight is 447 g/mol. The number of nitrogens with zero attached hydrogens (tertiary/aromatic N) is 2. The van der Waals surface area contributed by atoms with Gasteiger partial charge >= 0.3 is 11.7 Å². The van der Waals surface area contributed by atoms with Gasteiger partial charge in [-0.1, -0.05) is 46.3 Å². The second kappa shape index (κ2) is 8.43. The molecule has 1 heterocycles. The van der Waals surface area contributed by atoms with Gasteiger partial charge < -0.3 is 14.1 Å². The highest BCUT2D eigenvalue weighted by Crippen LogP contribution is 2.18. The van der Waals surface area contributed by atoms with E-state index < -0.39 is 24.4 Å². The minimum atomic E-state index is -0.919. The normalized spacial score (nSPS) is 12.0. The molecule has 1 amide bonds. The summed E-state index contributed by atoms with van der Waals surface area (Å²) in [6, 6.07) is 13.4. The number of aromatic nitrogens is 1. The van der Waals surface area contributed by atoms with Gasteiger partial charge in [0.05, 0.1) is 5.52 Å². The van der Waals surface area contributed by atoms with Crippen LogP contribution in [0.25, 0.3) is 11.1 Å². The zero-order chi connectivity index (χ0) is 20.3. The van der Waals surface area contributed by atoms with E-state index in [1.807, 2.05) is 24.3 Å². The predicted octanol–water partition coefficient (Wildman–Crippen LogP) is 3.12. The van der Waals surface area contributed by atoms with Gasteiger partial charge in [0.2, 0.25) is 0 Å². The molecular weight excluding hydrogens is 428 g/mol. The third-order valence-corrected chi connectivity index (χ3v) is 5.15. The molecule has 0 saturated heterocycles. The molecule has 7 nitrogen and oxygen atoms in total. The van der Waals surface area contributed by atoms with Crippen molar-refractivity contribution in [1.29, 1.82) is 0 Å². The molecule has 0 bridgehead atoms. The van der Waals surface area contributed by atoms with Crippen LogP contribution < -0.4 is 5.76 Å². The number of benzene rings is 2. The molecular formula is C20H19BrN2O5. The molecule has 146 valence electrons. The zero-order valence-electron chi connectivity index (χ0n) is 15.4. The van der Waals surface area contributed by atoms with Crippen LogP contribution in [0.2, 0.25) is 0 Å². The smallest absolute Gasteiger partial charge is 0.420 e. The monoisotopic (exact) mass is 446 g/mol. The number of para-hydroxylation sites is 2. The molecule has 0 fully saturated rings. The fourth-order valence-electron chi connectivity index (χ4n) is 2.79. The van der Waals surface area contributed by atoms with E-state index in [9.17, 15) is 14.4 Å². The van der Waals surface area contributed by atoms with Crippen LogP contribution in [0.15, 0.2) is 62.2 Å². The number of rotatable bonds is 6. The Hall–Kier alpha value is -2.87. The van der Waals surface area contributed by atoms with Crippen LogP contribution in [0, 0.1) is 0 Å². The molecule has 3 aromatic rings. The molecule has 1 atom stereocenters. The number of hydrogen-bond acceptors (Lipinski definition) is 5. The van der Waals surface area contributed by atoms with E-state index in [1.54, 1.807) is 31.3 Å². The maximum atomic E-state index is 12.4. The first kappa shape index (κ1) is 19.9.